The Balaban J connectivity index is 2.11. The van der Waals surface area contributed by atoms with E-state index in [0.29, 0.717) is 6.04 Å². The van der Waals surface area contributed by atoms with Crippen LogP contribution < -0.4 is 5.32 Å². The van der Waals surface area contributed by atoms with Gasteiger partial charge in [-0.2, -0.15) is 11.8 Å². The molecule has 1 aromatic carbocycles. The Hall–Kier alpha value is -0.480. The second-order valence-electron chi connectivity index (χ2n) is 3.97. The number of thioether (sulfide) groups is 1. The summed E-state index contributed by atoms with van der Waals surface area (Å²) in [5, 5.41) is 3.07. The van der Waals surface area contributed by atoms with Gasteiger partial charge < -0.3 is 5.32 Å². The summed E-state index contributed by atoms with van der Waals surface area (Å²) in [4.78, 5) is 12.0. The molecule has 1 heterocycles. The van der Waals surface area contributed by atoms with Gasteiger partial charge in [0.25, 0.3) is 5.91 Å². The lowest BCUT2D eigenvalue weighted by Crippen LogP contribution is -2.34. The summed E-state index contributed by atoms with van der Waals surface area (Å²) in [6.07, 6.45) is 1.08. The van der Waals surface area contributed by atoms with Crippen molar-refractivity contribution in [1.29, 1.82) is 0 Å². The average molecular weight is 300 g/mol. The minimum absolute atomic E-state index is 0.0306. The molecule has 1 saturated heterocycles. The molecule has 0 bridgehead atoms. The maximum atomic E-state index is 12.0. The number of carbonyl (C=O) groups is 1. The monoisotopic (exact) mass is 299 g/mol. The highest BCUT2D eigenvalue weighted by atomic mass is 79.9. The largest absolute Gasteiger partial charge is 0.348 e. The first kappa shape index (κ1) is 12.0. The topological polar surface area (TPSA) is 29.1 Å². The highest BCUT2D eigenvalue weighted by Crippen LogP contribution is 2.22. The van der Waals surface area contributed by atoms with Crippen LogP contribution in [0.1, 0.15) is 22.3 Å². The minimum Gasteiger partial charge on any atom is -0.348 e. The molecule has 1 aliphatic heterocycles. The average Bonchev–Trinajstić information content (AvgIpc) is 2.74. The lowest BCUT2D eigenvalue weighted by Gasteiger charge is -2.12. The molecule has 1 aliphatic rings. The number of amides is 1. The molecule has 1 aromatic rings. The number of nitrogens with one attached hydrogen (secondary N) is 1. The number of rotatable bonds is 2. The van der Waals surface area contributed by atoms with Gasteiger partial charge in [0.1, 0.15) is 0 Å². The van der Waals surface area contributed by atoms with Crippen molar-refractivity contribution in [3.05, 3.63) is 33.8 Å². The van der Waals surface area contributed by atoms with Crippen molar-refractivity contribution < 1.29 is 4.79 Å². The van der Waals surface area contributed by atoms with Crippen molar-refractivity contribution in [1.82, 2.24) is 5.32 Å². The third kappa shape index (κ3) is 2.61. The number of halogens is 1. The van der Waals surface area contributed by atoms with Gasteiger partial charge in [-0.05, 0) is 46.7 Å². The molecule has 1 atom stereocenters. The number of aryl methyl sites for hydroxylation is 1. The third-order valence-corrected chi connectivity index (χ3v) is 4.92. The fourth-order valence-electron chi connectivity index (χ4n) is 1.73. The Morgan fingerprint density at radius 2 is 2.38 bits per heavy atom. The van der Waals surface area contributed by atoms with Crippen LogP contribution in [0, 0.1) is 6.92 Å². The summed E-state index contributed by atoms with van der Waals surface area (Å²) < 4.78 is 0.901. The molecule has 1 N–H and O–H groups in total. The van der Waals surface area contributed by atoms with Gasteiger partial charge in [0.2, 0.25) is 0 Å². The van der Waals surface area contributed by atoms with Gasteiger partial charge in [-0.15, -0.1) is 0 Å². The van der Waals surface area contributed by atoms with Crippen molar-refractivity contribution in [3.63, 3.8) is 0 Å². The predicted octanol–water partition coefficient (Wildman–Crippen LogP) is 2.99. The van der Waals surface area contributed by atoms with Crippen LogP contribution in [0.4, 0.5) is 0 Å². The zero-order chi connectivity index (χ0) is 11.5. The number of hydrogen-bond acceptors (Lipinski definition) is 2. The van der Waals surface area contributed by atoms with Gasteiger partial charge in [0.15, 0.2) is 0 Å². The van der Waals surface area contributed by atoms with Crippen LogP contribution in [0.2, 0.25) is 0 Å². The Labute approximate surface area is 108 Å². The molecule has 1 unspecified atom stereocenters. The predicted molar refractivity (Wildman–Crippen MR) is 72.1 cm³/mol. The second-order valence-corrected chi connectivity index (χ2v) is 5.91. The molecule has 1 amide bonds. The molecule has 0 spiro atoms. The van der Waals surface area contributed by atoms with Gasteiger partial charge in [0, 0.05) is 16.3 Å². The summed E-state index contributed by atoms with van der Waals surface area (Å²) in [6, 6.07) is 6.10. The van der Waals surface area contributed by atoms with E-state index >= 15 is 0 Å². The van der Waals surface area contributed by atoms with Crippen molar-refractivity contribution >= 4 is 33.6 Å². The number of hydrogen-bond donors (Lipinski definition) is 1. The van der Waals surface area contributed by atoms with E-state index in [2.05, 4.69) is 21.2 Å². The summed E-state index contributed by atoms with van der Waals surface area (Å²) >= 11 is 5.36. The van der Waals surface area contributed by atoms with Crippen LogP contribution in [-0.4, -0.2) is 23.5 Å². The van der Waals surface area contributed by atoms with Crippen LogP contribution in [0.15, 0.2) is 22.7 Å². The van der Waals surface area contributed by atoms with Gasteiger partial charge >= 0.3 is 0 Å². The number of carbonyl (C=O) groups excluding carboxylic acids is 1. The Morgan fingerprint density at radius 1 is 1.56 bits per heavy atom. The molecule has 86 valence electrons. The van der Waals surface area contributed by atoms with E-state index < -0.39 is 0 Å². The molecule has 0 radical (unpaired) electrons. The first-order valence-electron chi connectivity index (χ1n) is 5.32. The van der Waals surface area contributed by atoms with Crippen molar-refractivity contribution in [2.45, 2.75) is 19.4 Å². The Kier molecular flexibility index (Phi) is 3.92. The summed E-state index contributed by atoms with van der Waals surface area (Å²) in [5.74, 6) is 2.22. The summed E-state index contributed by atoms with van der Waals surface area (Å²) in [6.45, 7) is 1.99. The fraction of sp³-hybridized carbons (Fsp3) is 0.417. The van der Waals surface area contributed by atoms with E-state index in [1.54, 1.807) is 0 Å². The fourth-order valence-corrected chi connectivity index (χ4v) is 3.33. The van der Waals surface area contributed by atoms with Crippen molar-refractivity contribution in [3.8, 4) is 0 Å². The third-order valence-electron chi connectivity index (χ3n) is 2.70. The lowest BCUT2D eigenvalue weighted by molar-refractivity contribution is 0.0940. The van der Waals surface area contributed by atoms with Gasteiger partial charge in [-0.1, -0.05) is 12.1 Å². The molecule has 16 heavy (non-hydrogen) atoms. The molecule has 1 fully saturated rings. The molecule has 0 saturated carbocycles. The SMILES string of the molecule is Cc1cccc(C(=O)NC2CCSC2)c1Br. The minimum atomic E-state index is 0.0306. The molecule has 4 heteroatoms. The quantitative estimate of drug-likeness (QED) is 0.909. The smallest absolute Gasteiger partial charge is 0.252 e. The second kappa shape index (κ2) is 5.23. The standard InChI is InChI=1S/C12H14BrNOS/c1-8-3-2-4-10(11(8)13)12(15)14-9-5-6-16-7-9/h2-4,9H,5-7H2,1H3,(H,14,15). The Bertz CT molecular complexity index is 402. The molecule has 2 nitrogen and oxygen atoms in total. The van der Waals surface area contributed by atoms with Crippen LogP contribution >= 0.6 is 27.7 Å². The Morgan fingerprint density at radius 3 is 3.06 bits per heavy atom. The van der Waals surface area contributed by atoms with Crippen LogP contribution in [-0.2, 0) is 0 Å². The van der Waals surface area contributed by atoms with E-state index in [1.165, 1.54) is 0 Å². The van der Waals surface area contributed by atoms with Gasteiger partial charge in [0.05, 0.1) is 5.56 Å². The molecule has 2 rings (SSSR count). The normalized spacial score (nSPS) is 19.8. The van der Waals surface area contributed by atoms with Gasteiger partial charge in [-0.3, -0.25) is 4.79 Å². The van der Waals surface area contributed by atoms with E-state index in [-0.39, 0.29) is 5.91 Å². The van der Waals surface area contributed by atoms with Crippen molar-refractivity contribution in [2.24, 2.45) is 0 Å². The van der Waals surface area contributed by atoms with E-state index in [0.717, 1.165) is 33.5 Å². The number of benzene rings is 1. The molecule has 0 aliphatic carbocycles. The van der Waals surface area contributed by atoms with Crippen LogP contribution in [0.5, 0.6) is 0 Å². The maximum Gasteiger partial charge on any atom is 0.252 e. The first-order chi connectivity index (χ1) is 7.68. The highest BCUT2D eigenvalue weighted by molar-refractivity contribution is 9.10. The van der Waals surface area contributed by atoms with E-state index in [1.807, 2.05) is 36.9 Å². The summed E-state index contributed by atoms with van der Waals surface area (Å²) in [7, 11) is 0. The molecule has 0 aromatic heterocycles. The summed E-state index contributed by atoms with van der Waals surface area (Å²) in [5.41, 5.74) is 1.82. The van der Waals surface area contributed by atoms with Crippen LogP contribution in [0.3, 0.4) is 0 Å². The zero-order valence-corrected chi connectivity index (χ0v) is 11.5. The first-order valence-corrected chi connectivity index (χ1v) is 7.27. The van der Waals surface area contributed by atoms with E-state index in [9.17, 15) is 4.79 Å². The maximum absolute atomic E-state index is 12.0. The van der Waals surface area contributed by atoms with Crippen LogP contribution in [0.25, 0.3) is 0 Å². The molecular weight excluding hydrogens is 286 g/mol. The van der Waals surface area contributed by atoms with Crippen molar-refractivity contribution in [2.75, 3.05) is 11.5 Å². The highest BCUT2D eigenvalue weighted by Gasteiger charge is 2.19. The lowest BCUT2D eigenvalue weighted by atomic mass is 10.1. The van der Waals surface area contributed by atoms with E-state index in [4.69, 9.17) is 0 Å². The van der Waals surface area contributed by atoms with Gasteiger partial charge in [-0.25, -0.2) is 0 Å². The molecular formula is C12H14BrNOS. The zero-order valence-electron chi connectivity index (χ0n) is 9.13.